The highest BCUT2D eigenvalue weighted by Crippen LogP contribution is 2.31. The number of aromatic nitrogens is 1. The molecule has 0 amide bonds. The number of nitrogens with zero attached hydrogens (tertiary/aromatic N) is 1. The van der Waals surface area contributed by atoms with Crippen LogP contribution in [0.15, 0.2) is 65.7 Å². The highest BCUT2D eigenvalue weighted by molar-refractivity contribution is 7.89. The van der Waals surface area contributed by atoms with E-state index >= 15 is 0 Å². The molecule has 0 aliphatic rings. The summed E-state index contributed by atoms with van der Waals surface area (Å²) in [5.41, 5.74) is 2.21. The number of benzene rings is 2. The number of rotatable bonds is 3. The summed E-state index contributed by atoms with van der Waals surface area (Å²) in [5, 5.41) is 4.96. The third kappa shape index (κ3) is 3.17. The Morgan fingerprint density at radius 2 is 1.58 bits per heavy atom. The fourth-order valence-corrected chi connectivity index (χ4v) is 2.97. The summed E-state index contributed by atoms with van der Waals surface area (Å²) in [6.07, 6.45) is 1.54. The van der Waals surface area contributed by atoms with Crippen LogP contribution in [0.25, 0.3) is 22.4 Å². The molecule has 0 saturated carbocycles. The van der Waals surface area contributed by atoms with E-state index in [1.165, 1.54) is 24.4 Å². The Balaban J connectivity index is 2.14. The van der Waals surface area contributed by atoms with Crippen molar-refractivity contribution in [2.45, 2.75) is 4.90 Å². The van der Waals surface area contributed by atoms with Gasteiger partial charge in [-0.2, -0.15) is 0 Å². The largest absolute Gasteiger partial charge is 0.256 e. The Kier molecular flexibility index (Phi) is 4.13. The smallest absolute Gasteiger partial charge is 0.240 e. The lowest BCUT2D eigenvalue weighted by Gasteiger charge is -2.10. The maximum Gasteiger partial charge on any atom is 0.240 e. The Labute approximate surface area is 137 Å². The number of pyridine rings is 1. The molecule has 7 heteroatoms. The summed E-state index contributed by atoms with van der Waals surface area (Å²) < 4.78 is 49.8. The maximum atomic E-state index is 14.1. The summed E-state index contributed by atoms with van der Waals surface area (Å²) in [6, 6.07) is 12.9. The van der Waals surface area contributed by atoms with E-state index in [-0.39, 0.29) is 5.82 Å². The first-order chi connectivity index (χ1) is 11.4. The quantitative estimate of drug-likeness (QED) is 0.790. The molecule has 3 rings (SSSR count). The second kappa shape index (κ2) is 6.10. The van der Waals surface area contributed by atoms with Gasteiger partial charge in [-0.05, 0) is 35.9 Å². The van der Waals surface area contributed by atoms with Gasteiger partial charge in [0.05, 0.1) is 5.69 Å². The van der Waals surface area contributed by atoms with Crippen molar-refractivity contribution < 1.29 is 17.2 Å². The highest BCUT2D eigenvalue weighted by Gasteiger charge is 2.16. The average Bonchev–Trinajstić information content (AvgIpc) is 2.54. The van der Waals surface area contributed by atoms with Gasteiger partial charge in [0.1, 0.15) is 16.5 Å². The summed E-state index contributed by atoms with van der Waals surface area (Å²) in [6.45, 7) is 0. The zero-order valence-corrected chi connectivity index (χ0v) is 13.1. The van der Waals surface area contributed by atoms with Gasteiger partial charge in [0.25, 0.3) is 0 Å². The third-order valence-corrected chi connectivity index (χ3v) is 4.42. The first-order valence-corrected chi connectivity index (χ1v) is 8.44. The van der Waals surface area contributed by atoms with Crippen molar-refractivity contribution in [1.29, 1.82) is 0 Å². The number of primary sulfonamides is 1. The van der Waals surface area contributed by atoms with Gasteiger partial charge in [-0.15, -0.1) is 0 Å². The van der Waals surface area contributed by atoms with Crippen LogP contribution in [0.2, 0.25) is 0 Å². The molecule has 0 atom stereocenters. The van der Waals surface area contributed by atoms with Crippen molar-refractivity contribution in [3.63, 3.8) is 0 Å². The van der Waals surface area contributed by atoms with Crippen molar-refractivity contribution in [3.8, 4) is 22.4 Å². The maximum absolute atomic E-state index is 14.1. The molecule has 0 spiro atoms. The van der Waals surface area contributed by atoms with E-state index in [0.717, 1.165) is 12.1 Å². The van der Waals surface area contributed by atoms with Gasteiger partial charge in [-0.1, -0.05) is 24.3 Å². The topological polar surface area (TPSA) is 73.1 Å². The van der Waals surface area contributed by atoms with Gasteiger partial charge in [0.2, 0.25) is 10.0 Å². The molecule has 1 aromatic heterocycles. The molecule has 0 radical (unpaired) electrons. The third-order valence-electron chi connectivity index (χ3n) is 3.47. The molecular weight excluding hydrogens is 334 g/mol. The van der Waals surface area contributed by atoms with Crippen LogP contribution < -0.4 is 5.14 Å². The van der Waals surface area contributed by atoms with Crippen molar-refractivity contribution >= 4 is 10.0 Å². The van der Waals surface area contributed by atoms with Crippen molar-refractivity contribution in [1.82, 2.24) is 4.98 Å². The molecule has 122 valence electrons. The van der Waals surface area contributed by atoms with Crippen LogP contribution in [-0.4, -0.2) is 13.4 Å². The molecule has 1 heterocycles. The van der Waals surface area contributed by atoms with E-state index in [2.05, 4.69) is 4.98 Å². The highest BCUT2D eigenvalue weighted by atomic mass is 32.2. The zero-order chi connectivity index (χ0) is 17.3. The first kappa shape index (κ1) is 16.2. The summed E-state index contributed by atoms with van der Waals surface area (Å²) in [5.74, 6) is -1.32. The summed E-state index contributed by atoms with van der Waals surface area (Å²) in [7, 11) is -4.14. The molecule has 0 saturated heterocycles. The molecule has 0 unspecified atom stereocenters. The predicted molar refractivity (Wildman–Crippen MR) is 86.4 cm³/mol. The van der Waals surface area contributed by atoms with E-state index in [0.29, 0.717) is 22.4 Å². The van der Waals surface area contributed by atoms with Crippen LogP contribution >= 0.6 is 0 Å². The van der Waals surface area contributed by atoms with Gasteiger partial charge in [-0.25, -0.2) is 22.3 Å². The van der Waals surface area contributed by atoms with Crippen LogP contribution in [0.4, 0.5) is 8.78 Å². The van der Waals surface area contributed by atoms with Gasteiger partial charge < -0.3 is 0 Å². The number of nitrogens with two attached hydrogens (primary N) is 1. The minimum absolute atomic E-state index is 0.368. The second-order valence-electron chi connectivity index (χ2n) is 5.10. The fourth-order valence-electron chi connectivity index (χ4n) is 2.38. The molecule has 0 aliphatic heterocycles. The molecule has 0 fully saturated rings. The lowest BCUT2D eigenvalue weighted by molar-refractivity contribution is 0.568. The van der Waals surface area contributed by atoms with E-state index in [4.69, 9.17) is 5.14 Å². The van der Waals surface area contributed by atoms with Crippen LogP contribution in [0.3, 0.4) is 0 Å². The van der Waals surface area contributed by atoms with Crippen LogP contribution in [0.1, 0.15) is 0 Å². The van der Waals surface area contributed by atoms with Gasteiger partial charge >= 0.3 is 0 Å². The lowest BCUT2D eigenvalue weighted by Crippen LogP contribution is -2.14. The number of halogens is 2. The first-order valence-electron chi connectivity index (χ1n) is 6.90. The van der Waals surface area contributed by atoms with Crippen LogP contribution in [0.5, 0.6) is 0 Å². The van der Waals surface area contributed by atoms with Crippen LogP contribution in [-0.2, 0) is 10.0 Å². The average molecular weight is 346 g/mol. The Hall–Kier alpha value is -2.64. The second-order valence-corrected chi connectivity index (χ2v) is 6.63. The summed E-state index contributed by atoms with van der Waals surface area (Å²) in [4.78, 5) is 3.66. The standard InChI is InChI=1S/C17H12F2N2O2S/c18-13-6-3-11(4-7-13)14-2-1-9-21-17(14)12-5-8-16(15(19)10-12)24(20,22)23/h1-10H,(H2,20,22,23). The Morgan fingerprint density at radius 1 is 0.917 bits per heavy atom. The van der Waals surface area contributed by atoms with E-state index in [1.54, 1.807) is 24.3 Å². The van der Waals surface area contributed by atoms with Crippen molar-refractivity contribution in [2.75, 3.05) is 0 Å². The van der Waals surface area contributed by atoms with E-state index in [9.17, 15) is 17.2 Å². The molecule has 0 bridgehead atoms. The van der Waals surface area contributed by atoms with E-state index in [1.807, 2.05) is 0 Å². The number of hydrogen-bond acceptors (Lipinski definition) is 3. The SMILES string of the molecule is NS(=O)(=O)c1ccc(-c2ncccc2-c2ccc(F)cc2)cc1F. The predicted octanol–water partition coefficient (Wildman–Crippen LogP) is 3.34. The minimum Gasteiger partial charge on any atom is -0.256 e. The minimum atomic E-state index is -4.14. The van der Waals surface area contributed by atoms with Gasteiger partial charge in [-0.3, -0.25) is 4.98 Å². The van der Waals surface area contributed by atoms with Gasteiger partial charge in [0.15, 0.2) is 0 Å². The molecule has 2 aromatic carbocycles. The molecule has 0 aliphatic carbocycles. The molecule has 3 aromatic rings. The molecular formula is C17H12F2N2O2S. The Bertz CT molecular complexity index is 1000. The fraction of sp³-hybridized carbons (Fsp3) is 0. The van der Waals surface area contributed by atoms with Gasteiger partial charge in [0, 0.05) is 17.3 Å². The Morgan fingerprint density at radius 3 is 2.21 bits per heavy atom. The number of sulfonamides is 1. The molecule has 2 N–H and O–H groups in total. The number of hydrogen-bond donors (Lipinski definition) is 1. The molecule has 4 nitrogen and oxygen atoms in total. The zero-order valence-electron chi connectivity index (χ0n) is 12.3. The normalized spacial score (nSPS) is 11.5. The van der Waals surface area contributed by atoms with E-state index < -0.39 is 20.7 Å². The van der Waals surface area contributed by atoms with Crippen molar-refractivity contribution in [2.24, 2.45) is 5.14 Å². The van der Waals surface area contributed by atoms with Crippen LogP contribution in [0, 0.1) is 11.6 Å². The molecule has 24 heavy (non-hydrogen) atoms. The summed E-state index contributed by atoms with van der Waals surface area (Å²) >= 11 is 0. The van der Waals surface area contributed by atoms with Crippen molar-refractivity contribution in [3.05, 3.63) is 72.4 Å². The lowest BCUT2D eigenvalue weighted by atomic mass is 9.99. The monoisotopic (exact) mass is 346 g/mol.